The van der Waals surface area contributed by atoms with Crippen molar-refractivity contribution < 1.29 is 0 Å². The lowest BCUT2D eigenvalue weighted by atomic mass is 10.2. The van der Waals surface area contributed by atoms with Crippen molar-refractivity contribution in [3.63, 3.8) is 0 Å². The third kappa shape index (κ3) is 2.44. The van der Waals surface area contributed by atoms with Crippen molar-refractivity contribution in [2.45, 2.75) is 0 Å². The molecule has 0 radical (unpaired) electrons. The van der Waals surface area contributed by atoms with Crippen LogP contribution in [0.3, 0.4) is 0 Å². The lowest BCUT2D eigenvalue weighted by Crippen LogP contribution is -2.36. The zero-order valence-electron chi connectivity index (χ0n) is 12.1. The van der Waals surface area contributed by atoms with E-state index >= 15 is 0 Å². The second kappa shape index (κ2) is 5.36. The van der Waals surface area contributed by atoms with Crippen molar-refractivity contribution in [2.75, 3.05) is 0 Å². The van der Waals surface area contributed by atoms with Crippen LogP contribution in [0, 0.1) is 0 Å². The first-order valence-corrected chi connectivity index (χ1v) is 6.61. The summed E-state index contributed by atoms with van der Waals surface area (Å²) in [5.41, 5.74) is 0.00809. The van der Waals surface area contributed by atoms with Crippen molar-refractivity contribution in [3.05, 3.63) is 62.6 Å². The van der Waals surface area contributed by atoms with Crippen molar-refractivity contribution in [3.8, 4) is 11.5 Å². The number of hydrogen-bond acceptors (Lipinski definition) is 5. The first-order valence-electron chi connectivity index (χ1n) is 6.61. The summed E-state index contributed by atoms with van der Waals surface area (Å²) < 4.78 is 2.32. The zero-order valence-corrected chi connectivity index (χ0v) is 12.1. The molecule has 2 aliphatic rings. The molecule has 1 aromatic carbocycles. The minimum Gasteiger partial charge on any atom is -0.267 e. The Morgan fingerprint density at radius 3 is 2.45 bits per heavy atom. The standard InChI is InChI=1S/C15H13N5O2/c1-19-14(21)12-13(17-15(19)22)20(2)18-11(16-12)9-8-10-6-4-3-5-7-10/h3-9H,1-2H3/b9-8+. The summed E-state index contributed by atoms with van der Waals surface area (Å²) in [6.45, 7) is 0. The summed E-state index contributed by atoms with van der Waals surface area (Å²) in [4.78, 5) is 31.7. The molecular weight excluding hydrogens is 282 g/mol. The van der Waals surface area contributed by atoms with Crippen LogP contribution in [-0.2, 0) is 14.1 Å². The lowest BCUT2D eigenvalue weighted by molar-refractivity contribution is 0.670. The minimum absolute atomic E-state index is 0.118. The van der Waals surface area contributed by atoms with Gasteiger partial charge in [0, 0.05) is 14.1 Å². The van der Waals surface area contributed by atoms with Gasteiger partial charge in [-0.05, 0) is 11.6 Å². The molecule has 0 unspecified atom stereocenters. The van der Waals surface area contributed by atoms with Crippen molar-refractivity contribution in [1.82, 2.24) is 24.3 Å². The molecule has 2 heterocycles. The molecule has 110 valence electrons. The van der Waals surface area contributed by atoms with E-state index in [0.29, 0.717) is 5.82 Å². The Labute approximate surface area is 125 Å². The van der Waals surface area contributed by atoms with E-state index < -0.39 is 11.2 Å². The van der Waals surface area contributed by atoms with Crippen LogP contribution in [0.4, 0.5) is 0 Å². The number of hydrogen-bond donors (Lipinski definition) is 0. The molecule has 0 N–H and O–H groups in total. The molecule has 0 saturated heterocycles. The van der Waals surface area contributed by atoms with Crippen LogP contribution in [0.15, 0.2) is 39.9 Å². The van der Waals surface area contributed by atoms with Crippen LogP contribution in [0.1, 0.15) is 11.4 Å². The molecule has 3 rings (SSSR count). The molecule has 1 aromatic rings. The molecule has 0 spiro atoms. The molecule has 0 fully saturated rings. The van der Waals surface area contributed by atoms with Gasteiger partial charge >= 0.3 is 5.69 Å². The number of nitrogens with zero attached hydrogens (tertiary/aromatic N) is 5. The van der Waals surface area contributed by atoms with Crippen LogP contribution in [0.2, 0.25) is 0 Å². The maximum Gasteiger partial charge on any atom is 0.352 e. The highest BCUT2D eigenvalue weighted by molar-refractivity contribution is 5.67. The van der Waals surface area contributed by atoms with Crippen LogP contribution < -0.4 is 11.2 Å². The summed E-state index contributed by atoms with van der Waals surface area (Å²) in [5, 5.41) is 4.20. The van der Waals surface area contributed by atoms with Gasteiger partial charge in [0.15, 0.2) is 17.3 Å². The van der Waals surface area contributed by atoms with Crippen molar-refractivity contribution >= 4 is 12.2 Å². The topological polar surface area (TPSA) is 82.7 Å². The first kappa shape index (κ1) is 13.9. The van der Waals surface area contributed by atoms with E-state index in [-0.39, 0.29) is 11.5 Å². The molecule has 0 atom stereocenters. The molecule has 0 aromatic heterocycles. The highest BCUT2D eigenvalue weighted by atomic mass is 16.2. The number of aryl methyl sites for hydroxylation is 1. The van der Waals surface area contributed by atoms with E-state index in [4.69, 9.17) is 0 Å². The second-order valence-corrected chi connectivity index (χ2v) is 4.77. The molecular formula is C15H13N5O2. The smallest absolute Gasteiger partial charge is 0.267 e. The number of benzene rings is 1. The van der Waals surface area contributed by atoms with Gasteiger partial charge in [0.25, 0.3) is 5.56 Å². The van der Waals surface area contributed by atoms with Gasteiger partial charge in [0.2, 0.25) is 0 Å². The summed E-state index contributed by atoms with van der Waals surface area (Å²) in [6, 6.07) is 9.68. The van der Waals surface area contributed by atoms with E-state index in [1.807, 2.05) is 36.4 Å². The Balaban J connectivity index is 2.14. The molecule has 0 amide bonds. The summed E-state index contributed by atoms with van der Waals surface area (Å²) >= 11 is 0. The lowest BCUT2D eigenvalue weighted by Gasteiger charge is -2.09. The predicted octanol–water partition coefficient (Wildman–Crippen LogP) is 0.544. The Morgan fingerprint density at radius 2 is 1.73 bits per heavy atom. The quantitative estimate of drug-likeness (QED) is 0.689. The van der Waals surface area contributed by atoms with Gasteiger partial charge in [-0.25, -0.2) is 14.5 Å². The molecule has 2 aliphatic heterocycles. The van der Waals surface area contributed by atoms with E-state index in [0.717, 1.165) is 10.1 Å². The Bertz CT molecular complexity index is 940. The third-order valence-corrected chi connectivity index (χ3v) is 3.22. The maximum atomic E-state index is 12.1. The fraction of sp³-hybridized carbons (Fsp3) is 0.133. The first-order chi connectivity index (χ1) is 10.6. The second-order valence-electron chi connectivity index (χ2n) is 4.77. The van der Waals surface area contributed by atoms with Crippen LogP contribution in [-0.4, -0.2) is 24.3 Å². The maximum absolute atomic E-state index is 12.1. The molecule has 7 heteroatoms. The summed E-state index contributed by atoms with van der Waals surface area (Å²) in [7, 11) is 2.99. The van der Waals surface area contributed by atoms with Gasteiger partial charge in [0.1, 0.15) is 0 Å². The molecule has 0 aliphatic carbocycles. The largest absolute Gasteiger partial charge is 0.352 e. The van der Waals surface area contributed by atoms with Crippen molar-refractivity contribution in [2.24, 2.45) is 14.1 Å². The predicted molar refractivity (Wildman–Crippen MR) is 82.3 cm³/mol. The zero-order chi connectivity index (χ0) is 15.7. The fourth-order valence-corrected chi connectivity index (χ4v) is 2.03. The molecule has 0 bridgehead atoms. The van der Waals surface area contributed by atoms with Gasteiger partial charge in [-0.2, -0.15) is 10.1 Å². The fourth-order valence-electron chi connectivity index (χ4n) is 2.03. The Morgan fingerprint density at radius 1 is 1.00 bits per heavy atom. The normalized spacial score (nSPS) is 11.4. The van der Waals surface area contributed by atoms with Crippen LogP contribution in [0.25, 0.3) is 23.7 Å². The van der Waals surface area contributed by atoms with Gasteiger partial charge in [0.05, 0.1) is 0 Å². The average Bonchev–Trinajstić information content (AvgIpc) is 2.53. The summed E-state index contributed by atoms with van der Waals surface area (Å²) in [6.07, 6.45) is 3.56. The number of rotatable bonds is 2. The highest BCUT2D eigenvalue weighted by Crippen LogP contribution is 2.10. The van der Waals surface area contributed by atoms with Crippen LogP contribution >= 0.6 is 0 Å². The SMILES string of the molecule is Cn1nc(/C=C/c2ccccc2)nc2c(=O)n(C)c(=O)nc1-2. The highest BCUT2D eigenvalue weighted by Gasteiger charge is 2.17. The average molecular weight is 295 g/mol. The van der Waals surface area contributed by atoms with Gasteiger partial charge in [-0.3, -0.25) is 9.36 Å². The van der Waals surface area contributed by atoms with Gasteiger partial charge in [-0.1, -0.05) is 36.4 Å². The molecule has 7 nitrogen and oxygen atoms in total. The van der Waals surface area contributed by atoms with Crippen LogP contribution in [0.5, 0.6) is 0 Å². The van der Waals surface area contributed by atoms with E-state index in [1.165, 1.54) is 11.7 Å². The monoisotopic (exact) mass is 295 g/mol. The summed E-state index contributed by atoms with van der Waals surface area (Å²) in [5.74, 6) is 0.543. The van der Waals surface area contributed by atoms with Gasteiger partial charge in [-0.15, -0.1) is 0 Å². The Kier molecular flexibility index (Phi) is 3.38. The van der Waals surface area contributed by atoms with E-state index in [1.54, 1.807) is 13.1 Å². The molecule has 22 heavy (non-hydrogen) atoms. The van der Waals surface area contributed by atoms with Gasteiger partial charge < -0.3 is 0 Å². The minimum atomic E-state index is -0.621. The van der Waals surface area contributed by atoms with E-state index in [9.17, 15) is 9.59 Å². The van der Waals surface area contributed by atoms with E-state index in [2.05, 4.69) is 15.1 Å². The number of aromatic nitrogens is 5. The molecule has 0 saturated carbocycles. The Hall–Kier alpha value is -3.09. The number of fused-ring (bicyclic) bond motifs is 1. The van der Waals surface area contributed by atoms with Crippen molar-refractivity contribution in [1.29, 1.82) is 0 Å². The third-order valence-electron chi connectivity index (χ3n) is 3.22.